The number of amides is 1. The Morgan fingerprint density at radius 3 is 2.50 bits per heavy atom. The predicted octanol–water partition coefficient (Wildman–Crippen LogP) is 2.91. The predicted molar refractivity (Wildman–Crippen MR) is 111 cm³/mol. The average molecular weight is 421 g/mol. The number of benzene rings is 2. The zero-order valence-electron chi connectivity index (χ0n) is 15.7. The van der Waals surface area contributed by atoms with E-state index in [1.54, 1.807) is 48.5 Å². The zero-order chi connectivity index (χ0) is 21.3. The van der Waals surface area contributed by atoms with Crippen LogP contribution in [0.5, 0.6) is 0 Å². The molecule has 0 radical (unpaired) electrons. The van der Waals surface area contributed by atoms with Gasteiger partial charge < -0.3 is 9.73 Å². The number of sulfone groups is 1. The Morgan fingerprint density at radius 2 is 1.77 bits per heavy atom. The molecular weight excluding hydrogens is 406 g/mol. The minimum absolute atomic E-state index is 0.114. The lowest BCUT2D eigenvalue weighted by molar-refractivity contribution is 0.102. The summed E-state index contributed by atoms with van der Waals surface area (Å²) >= 11 is 0. The molecule has 0 aliphatic carbocycles. The standard InChI is InChI=1S/C21H15N3O5S/c1-30(27,28)19-10-9-17(23-24-19)13-6-4-7-15(11-13)22-20(25)16-12-14-5-2-3-8-18(14)29-21(16)26/h2-12H,1H3,(H,22,25). The Bertz CT molecular complexity index is 1430. The van der Waals surface area contributed by atoms with E-state index in [-0.39, 0.29) is 10.6 Å². The van der Waals surface area contributed by atoms with E-state index in [1.807, 2.05) is 0 Å². The highest BCUT2D eigenvalue weighted by Gasteiger charge is 2.15. The third-order valence-corrected chi connectivity index (χ3v) is 5.30. The molecule has 0 atom stereocenters. The summed E-state index contributed by atoms with van der Waals surface area (Å²) in [6.45, 7) is 0. The summed E-state index contributed by atoms with van der Waals surface area (Å²) in [6, 6.07) is 18.0. The van der Waals surface area contributed by atoms with Gasteiger partial charge in [-0.05, 0) is 36.4 Å². The van der Waals surface area contributed by atoms with Crippen LogP contribution in [0.1, 0.15) is 10.4 Å². The molecule has 0 aliphatic heterocycles. The Hall–Kier alpha value is -3.85. The van der Waals surface area contributed by atoms with Gasteiger partial charge in [-0.2, -0.15) is 0 Å². The molecule has 0 unspecified atom stereocenters. The number of nitrogens with one attached hydrogen (secondary N) is 1. The number of rotatable bonds is 4. The number of anilines is 1. The summed E-state index contributed by atoms with van der Waals surface area (Å²) in [4.78, 5) is 24.8. The highest BCUT2D eigenvalue weighted by Crippen LogP contribution is 2.22. The van der Waals surface area contributed by atoms with Gasteiger partial charge in [0.2, 0.25) is 0 Å². The van der Waals surface area contributed by atoms with Crippen molar-refractivity contribution in [3.63, 3.8) is 0 Å². The summed E-state index contributed by atoms with van der Waals surface area (Å²) in [5, 5.41) is 10.8. The minimum Gasteiger partial charge on any atom is -0.422 e. The monoisotopic (exact) mass is 421 g/mol. The van der Waals surface area contributed by atoms with Crippen molar-refractivity contribution >= 4 is 32.4 Å². The third kappa shape index (κ3) is 3.96. The van der Waals surface area contributed by atoms with Crippen LogP contribution in [0.15, 0.2) is 81.0 Å². The molecule has 2 aromatic carbocycles. The van der Waals surface area contributed by atoms with Crippen molar-refractivity contribution in [2.24, 2.45) is 0 Å². The molecule has 1 amide bonds. The van der Waals surface area contributed by atoms with Crippen LogP contribution in [0.3, 0.4) is 0 Å². The van der Waals surface area contributed by atoms with Crippen LogP contribution in [0.25, 0.3) is 22.2 Å². The molecule has 2 heterocycles. The first-order chi connectivity index (χ1) is 14.3. The molecule has 150 valence electrons. The fourth-order valence-corrected chi connectivity index (χ4v) is 3.35. The van der Waals surface area contributed by atoms with Crippen molar-refractivity contribution in [3.05, 3.63) is 82.7 Å². The van der Waals surface area contributed by atoms with E-state index >= 15 is 0 Å². The van der Waals surface area contributed by atoms with Gasteiger partial charge in [-0.15, -0.1) is 10.2 Å². The van der Waals surface area contributed by atoms with Crippen LogP contribution in [0.4, 0.5) is 5.69 Å². The first-order valence-corrected chi connectivity index (χ1v) is 10.7. The van der Waals surface area contributed by atoms with E-state index < -0.39 is 21.4 Å². The first-order valence-electron chi connectivity index (χ1n) is 8.80. The fourth-order valence-electron chi connectivity index (χ4n) is 2.85. The van der Waals surface area contributed by atoms with Crippen LogP contribution >= 0.6 is 0 Å². The van der Waals surface area contributed by atoms with E-state index in [0.29, 0.717) is 27.9 Å². The van der Waals surface area contributed by atoms with Crippen molar-refractivity contribution in [1.82, 2.24) is 10.2 Å². The van der Waals surface area contributed by atoms with E-state index in [0.717, 1.165) is 6.26 Å². The Kier molecular flexibility index (Phi) is 4.88. The topological polar surface area (TPSA) is 119 Å². The lowest BCUT2D eigenvalue weighted by Crippen LogP contribution is -2.20. The summed E-state index contributed by atoms with van der Waals surface area (Å²) in [5.41, 5.74) is 1.03. The maximum Gasteiger partial charge on any atom is 0.349 e. The highest BCUT2D eigenvalue weighted by molar-refractivity contribution is 7.90. The summed E-state index contributed by atoms with van der Waals surface area (Å²) in [7, 11) is -3.45. The summed E-state index contributed by atoms with van der Waals surface area (Å²) in [5.74, 6) is -0.606. The molecule has 0 spiro atoms. The molecular formula is C21H15N3O5S. The number of para-hydroxylation sites is 1. The minimum atomic E-state index is -3.45. The van der Waals surface area contributed by atoms with Crippen molar-refractivity contribution < 1.29 is 17.6 Å². The van der Waals surface area contributed by atoms with Crippen LogP contribution in [0, 0.1) is 0 Å². The molecule has 8 nitrogen and oxygen atoms in total. The second-order valence-corrected chi connectivity index (χ2v) is 8.51. The quantitative estimate of drug-likeness (QED) is 0.503. The number of hydrogen-bond donors (Lipinski definition) is 1. The smallest absolute Gasteiger partial charge is 0.349 e. The Balaban J connectivity index is 1.61. The van der Waals surface area contributed by atoms with E-state index in [2.05, 4.69) is 15.5 Å². The maximum atomic E-state index is 12.6. The average Bonchev–Trinajstić information content (AvgIpc) is 2.73. The van der Waals surface area contributed by atoms with E-state index in [4.69, 9.17) is 4.42 Å². The molecule has 2 aromatic heterocycles. The molecule has 9 heteroatoms. The van der Waals surface area contributed by atoms with Gasteiger partial charge in [0.15, 0.2) is 14.9 Å². The fraction of sp³-hybridized carbons (Fsp3) is 0.0476. The van der Waals surface area contributed by atoms with Crippen LogP contribution < -0.4 is 10.9 Å². The molecule has 0 saturated carbocycles. The van der Waals surface area contributed by atoms with Crippen molar-refractivity contribution in [2.75, 3.05) is 11.6 Å². The molecule has 4 rings (SSSR count). The normalized spacial score (nSPS) is 11.4. The number of nitrogens with zero attached hydrogens (tertiary/aromatic N) is 2. The zero-order valence-corrected chi connectivity index (χ0v) is 16.5. The molecule has 30 heavy (non-hydrogen) atoms. The van der Waals surface area contributed by atoms with E-state index in [1.165, 1.54) is 18.2 Å². The van der Waals surface area contributed by atoms with Gasteiger partial charge in [0.05, 0.1) is 5.69 Å². The molecule has 0 fully saturated rings. The van der Waals surface area contributed by atoms with Gasteiger partial charge in [-0.1, -0.05) is 30.3 Å². The van der Waals surface area contributed by atoms with Crippen LogP contribution in [0.2, 0.25) is 0 Å². The summed E-state index contributed by atoms with van der Waals surface area (Å²) in [6.07, 6.45) is 1.05. The van der Waals surface area contributed by atoms with Crippen molar-refractivity contribution in [3.8, 4) is 11.3 Å². The van der Waals surface area contributed by atoms with Gasteiger partial charge in [-0.25, -0.2) is 13.2 Å². The van der Waals surface area contributed by atoms with Gasteiger partial charge in [0.1, 0.15) is 11.1 Å². The van der Waals surface area contributed by atoms with Crippen molar-refractivity contribution in [1.29, 1.82) is 0 Å². The SMILES string of the molecule is CS(=O)(=O)c1ccc(-c2cccc(NC(=O)c3cc4ccccc4oc3=O)c2)nn1. The number of fused-ring (bicyclic) bond motifs is 1. The largest absolute Gasteiger partial charge is 0.422 e. The Morgan fingerprint density at radius 1 is 0.967 bits per heavy atom. The highest BCUT2D eigenvalue weighted by atomic mass is 32.2. The molecule has 0 saturated heterocycles. The second-order valence-electron chi connectivity index (χ2n) is 6.55. The molecule has 0 bridgehead atoms. The van der Waals surface area contributed by atoms with E-state index in [9.17, 15) is 18.0 Å². The number of carbonyl (C=O) groups is 1. The number of hydrogen-bond acceptors (Lipinski definition) is 7. The third-order valence-electron chi connectivity index (χ3n) is 4.32. The van der Waals surface area contributed by atoms with Crippen molar-refractivity contribution in [2.45, 2.75) is 5.03 Å². The lowest BCUT2D eigenvalue weighted by Gasteiger charge is -2.07. The maximum absolute atomic E-state index is 12.6. The number of aromatic nitrogens is 2. The second kappa shape index (κ2) is 7.53. The molecule has 1 N–H and O–H groups in total. The Labute approximate surface area is 171 Å². The van der Waals surface area contributed by atoms with Gasteiger partial charge in [-0.3, -0.25) is 4.79 Å². The molecule has 0 aliphatic rings. The summed E-state index contributed by atoms with van der Waals surface area (Å²) < 4.78 is 28.2. The van der Waals surface area contributed by atoms with Crippen LogP contribution in [-0.2, 0) is 9.84 Å². The molecule has 4 aromatic rings. The lowest BCUT2D eigenvalue weighted by atomic mass is 10.1. The first kappa shape index (κ1) is 19.5. The van der Waals surface area contributed by atoms with Gasteiger partial charge in [0, 0.05) is 22.9 Å². The van der Waals surface area contributed by atoms with Gasteiger partial charge in [0.25, 0.3) is 5.91 Å². The van der Waals surface area contributed by atoms with Crippen LogP contribution in [-0.4, -0.2) is 30.8 Å². The van der Waals surface area contributed by atoms with Gasteiger partial charge >= 0.3 is 5.63 Å². The number of carbonyl (C=O) groups excluding carboxylic acids is 1.